The van der Waals surface area contributed by atoms with Crippen LogP contribution < -0.4 is 19.5 Å². The third kappa shape index (κ3) is 3.02. The van der Waals surface area contributed by atoms with Crippen LogP contribution in [0.4, 0.5) is 0 Å². The molecule has 0 radical (unpaired) electrons. The average molecular weight is 242 g/mol. The predicted octanol–water partition coefficient (Wildman–Crippen LogP) is 2.38. The lowest BCUT2D eigenvalue weighted by Crippen LogP contribution is -2.08. The molecule has 16 heavy (non-hydrogen) atoms. The molecule has 1 atom stereocenters. The van der Waals surface area contributed by atoms with Crippen LogP contribution in [0.5, 0.6) is 17.2 Å². The molecule has 4 heteroatoms. The zero-order chi connectivity index (χ0) is 12.0. The molecule has 0 bridgehead atoms. The molecule has 1 rings (SSSR count). The Labute approximate surface area is 99.3 Å². The summed E-state index contributed by atoms with van der Waals surface area (Å²) in [5, 5.41) is 0.980. The summed E-state index contributed by atoms with van der Waals surface area (Å²) in [6, 6.07) is 3.85. The van der Waals surface area contributed by atoms with Crippen LogP contribution in [-0.2, 0) is 0 Å². The van der Waals surface area contributed by atoms with E-state index >= 15 is 0 Å². The summed E-state index contributed by atoms with van der Waals surface area (Å²) in [6.45, 7) is 7.66. The van der Waals surface area contributed by atoms with Gasteiger partial charge in [-0.2, -0.15) is 0 Å². The summed E-state index contributed by atoms with van der Waals surface area (Å²) >= 11 is 0. The highest BCUT2D eigenvalue weighted by molar-refractivity contribution is 7.27. The van der Waals surface area contributed by atoms with E-state index in [2.05, 4.69) is 9.24 Å². The van der Waals surface area contributed by atoms with E-state index in [1.54, 1.807) is 0 Å². The van der Waals surface area contributed by atoms with Gasteiger partial charge in [0.25, 0.3) is 0 Å². The minimum absolute atomic E-state index is 0.592. The molecular weight excluding hydrogens is 223 g/mol. The molecular formula is C12H19O3P. The molecule has 0 spiro atoms. The molecule has 0 fully saturated rings. The van der Waals surface area contributed by atoms with Crippen molar-refractivity contribution in [3.05, 3.63) is 12.1 Å². The van der Waals surface area contributed by atoms with Gasteiger partial charge in [0.05, 0.1) is 19.8 Å². The number of hydrogen-bond donors (Lipinski definition) is 0. The molecule has 1 aromatic rings. The van der Waals surface area contributed by atoms with Gasteiger partial charge in [-0.15, -0.1) is 9.24 Å². The van der Waals surface area contributed by atoms with Crippen molar-refractivity contribution in [3.63, 3.8) is 0 Å². The zero-order valence-corrected chi connectivity index (χ0v) is 11.2. The first-order valence-electron chi connectivity index (χ1n) is 5.55. The first kappa shape index (κ1) is 13.1. The fourth-order valence-corrected chi connectivity index (χ4v) is 1.71. The number of benzene rings is 1. The largest absolute Gasteiger partial charge is 0.490 e. The third-order valence-corrected chi connectivity index (χ3v) is 2.44. The normalized spacial score (nSPS) is 10.0. The third-order valence-electron chi connectivity index (χ3n) is 1.98. The Hall–Kier alpha value is -0.950. The quantitative estimate of drug-likeness (QED) is 0.717. The number of rotatable bonds is 6. The van der Waals surface area contributed by atoms with Gasteiger partial charge in [0.15, 0.2) is 11.5 Å². The second-order valence-electron chi connectivity index (χ2n) is 3.11. The number of ether oxygens (including phenoxy) is 3. The van der Waals surface area contributed by atoms with Gasteiger partial charge in [-0.3, -0.25) is 0 Å². The molecule has 0 heterocycles. The van der Waals surface area contributed by atoms with Crippen LogP contribution in [0, 0.1) is 0 Å². The summed E-state index contributed by atoms with van der Waals surface area (Å²) in [7, 11) is 2.64. The number of hydrogen-bond acceptors (Lipinski definition) is 3. The fraction of sp³-hybridized carbons (Fsp3) is 0.500. The van der Waals surface area contributed by atoms with Crippen molar-refractivity contribution in [2.75, 3.05) is 19.8 Å². The van der Waals surface area contributed by atoms with E-state index in [0.29, 0.717) is 25.6 Å². The Balaban J connectivity index is 3.14. The molecule has 1 aromatic carbocycles. The van der Waals surface area contributed by atoms with Gasteiger partial charge >= 0.3 is 0 Å². The van der Waals surface area contributed by atoms with Gasteiger partial charge in [-0.05, 0) is 32.9 Å². The summed E-state index contributed by atoms with van der Waals surface area (Å²) in [4.78, 5) is 0. The van der Waals surface area contributed by atoms with Gasteiger partial charge in [0, 0.05) is 5.30 Å². The van der Waals surface area contributed by atoms with E-state index in [0.717, 1.165) is 16.8 Å². The molecule has 0 aliphatic carbocycles. The molecule has 0 aliphatic heterocycles. The highest BCUT2D eigenvalue weighted by Gasteiger charge is 2.14. The van der Waals surface area contributed by atoms with E-state index in [-0.39, 0.29) is 0 Å². The summed E-state index contributed by atoms with van der Waals surface area (Å²) in [5.74, 6) is 2.18. The Kier molecular flexibility index (Phi) is 5.41. The Morgan fingerprint density at radius 1 is 0.875 bits per heavy atom. The summed E-state index contributed by atoms with van der Waals surface area (Å²) < 4.78 is 16.7. The summed E-state index contributed by atoms with van der Waals surface area (Å²) in [5.41, 5.74) is 0. The monoisotopic (exact) mass is 242 g/mol. The molecule has 0 N–H and O–H groups in total. The SMILES string of the molecule is CCOc1ccc(P)c(OCC)c1OCC. The van der Waals surface area contributed by atoms with Gasteiger partial charge < -0.3 is 14.2 Å². The van der Waals surface area contributed by atoms with Crippen LogP contribution in [0.3, 0.4) is 0 Å². The summed E-state index contributed by atoms with van der Waals surface area (Å²) in [6.07, 6.45) is 0. The van der Waals surface area contributed by atoms with Crippen molar-refractivity contribution in [2.24, 2.45) is 0 Å². The Morgan fingerprint density at radius 2 is 1.44 bits per heavy atom. The molecule has 0 aromatic heterocycles. The van der Waals surface area contributed by atoms with Gasteiger partial charge in [0.1, 0.15) is 0 Å². The minimum Gasteiger partial charge on any atom is -0.490 e. The maximum atomic E-state index is 5.59. The second kappa shape index (κ2) is 6.59. The lowest BCUT2D eigenvalue weighted by Gasteiger charge is -2.16. The molecule has 0 saturated heterocycles. The van der Waals surface area contributed by atoms with E-state index < -0.39 is 0 Å². The molecule has 1 unspecified atom stereocenters. The maximum Gasteiger partial charge on any atom is 0.204 e. The molecule has 0 amide bonds. The van der Waals surface area contributed by atoms with Gasteiger partial charge in [-0.1, -0.05) is 0 Å². The van der Waals surface area contributed by atoms with Gasteiger partial charge in [-0.25, -0.2) is 0 Å². The van der Waals surface area contributed by atoms with E-state index in [1.807, 2.05) is 32.9 Å². The standard InChI is InChI=1S/C12H19O3P/c1-4-13-9-7-8-10(16)12(15-6-3)11(9)14-5-2/h7-8H,4-6,16H2,1-3H3. The van der Waals surface area contributed by atoms with E-state index in [1.165, 1.54) is 0 Å². The van der Waals surface area contributed by atoms with Crippen LogP contribution in [0.1, 0.15) is 20.8 Å². The maximum absolute atomic E-state index is 5.59. The fourth-order valence-electron chi connectivity index (χ4n) is 1.40. The van der Waals surface area contributed by atoms with E-state index in [4.69, 9.17) is 14.2 Å². The Bertz CT molecular complexity index is 339. The lowest BCUT2D eigenvalue weighted by molar-refractivity contribution is 0.262. The molecule has 3 nitrogen and oxygen atoms in total. The first-order chi connectivity index (χ1) is 7.74. The smallest absolute Gasteiger partial charge is 0.204 e. The van der Waals surface area contributed by atoms with Crippen LogP contribution in [0.2, 0.25) is 0 Å². The Morgan fingerprint density at radius 3 is 2.00 bits per heavy atom. The van der Waals surface area contributed by atoms with Crippen molar-refractivity contribution in [1.29, 1.82) is 0 Å². The average Bonchev–Trinajstić information content (AvgIpc) is 2.27. The predicted molar refractivity (Wildman–Crippen MR) is 69.3 cm³/mol. The van der Waals surface area contributed by atoms with E-state index in [9.17, 15) is 0 Å². The van der Waals surface area contributed by atoms with Crippen LogP contribution in [0.15, 0.2) is 12.1 Å². The highest BCUT2D eigenvalue weighted by atomic mass is 31.0. The topological polar surface area (TPSA) is 27.7 Å². The second-order valence-corrected chi connectivity index (χ2v) is 3.73. The van der Waals surface area contributed by atoms with Crippen molar-refractivity contribution in [1.82, 2.24) is 0 Å². The molecule has 0 aliphatic rings. The first-order valence-corrected chi connectivity index (χ1v) is 6.13. The molecule has 0 saturated carbocycles. The van der Waals surface area contributed by atoms with Crippen LogP contribution >= 0.6 is 9.24 Å². The van der Waals surface area contributed by atoms with Crippen LogP contribution in [-0.4, -0.2) is 19.8 Å². The van der Waals surface area contributed by atoms with Crippen molar-refractivity contribution >= 4 is 14.5 Å². The zero-order valence-electron chi connectivity index (χ0n) is 10.1. The molecule has 90 valence electrons. The van der Waals surface area contributed by atoms with Crippen LogP contribution in [0.25, 0.3) is 0 Å². The van der Waals surface area contributed by atoms with Crippen molar-refractivity contribution in [3.8, 4) is 17.2 Å². The van der Waals surface area contributed by atoms with Gasteiger partial charge in [0.2, 0.25) is 5.75 Å². The lowest BCUT2D eigenvalue weighted by atomic mass is 10.3. The van der Waals surface area contributed by atoms with Crippen molar-refractivity contribution in [2.45, 2.75) is 20.8 Å². The highest BCUT2D eigenvalue weighted by Crippen LogP contribution is 2.37. The minimum atomic E-state index is 0.592. The van der Waals surface area contributed by atoms with Crippen molar-refractivity contribution < 1.29 is 14.2 Å².